The fraction of sp³-hybridized carbons (Fsp3) is 0.128. The third-order valence-corrected chi connectivity index (χ3v) is 11.5. The summed E-state index contributed by atoms with van der Waals surface area (Å²) in [4.78, 5) is 8.26. The highest BCUT2D eigenvalue weighted by atomic mass is 16.5. The van der Waals surface area contributed by atoms with Crippen LogP contribution >= 0.6 is 0 Å². The van der Waals surface area contributed by atoms with E-state index < -0.39 is 5.41 Å². The lowest BCUT2D eigenvalue weighted by Crippen LogP contribution is -2.32. The Hall–Kier alpha value is -5.77. The van der Waals surface area contributed by atoms with Gasteiger partial charge in [0.1, 0.15) is 17.7 Å². The van der Waals surface area contributed by atoms with Gasteiger partial charge in [-0.25, -0.2) is 0 Å². The Morgan fingerprint density at radius 3 is 1.94 bits per heavy atom. The second-order valence-corrected chi connectivity index (χ2v) is 14.0. The zero-order chi connectivity index (χ0) is 32.8. The van der Waals surface area contributed by atoms with E-state index >= 15 is 0 Å². The quantitative estimate of drug-likeness (QED) is 0.179. The van der Waals surface area contributed by atoms with E-state index in [9.17, 15) is 0 Å². The van der Waals surface area contributed by atoms with Crippen molar-refractivity contribution in [3.63, 3.8) is 0 Å². The largest absolute Gasteiger partial charge is 0.457 e. The first-order chi connectivity index (χ1) is 24.8. The third-order valence-electron chi connectivity index (χ3n) is 11.5. The van der Waals surface area contributed by atoms with E-state index in [1.807, 2.05) is 0 Å². The lowest BCUT2D eigenvalue weighted by Gasteiger charge is -2.39. The summed E-state index contributed by atoms with van der Waals surface area (Å²) in [5.74, 6) is 1.83. The van der Waals surface area contributed by atoms with Crippen LogP contribution in [0.25, 0.3) is 22.3 Å². The van der Waals surface area contributed by atoms with Crippen LogP contribution in [0.15, 0.2) is 174 Å². The lowest BCUT2D eigenvalue weighted by molar-refractivity contribution is 0.409. The van der Waals surface area contributed by atoms with Crippen molar-refractivity contribution < 1.29 is 4.74 Å². The highest BCUT2D eigenvalue weighted by molar-refractivity contribution is 6.12. The number of allylic oxidation sites excluding steroid dienone is 2. The molecular formula is C47H34N2O. The Morgan fingerprint density at radius 1 is 0.560 bits per heavy atom. The fourth-order valence-electron chi connectivity index (χ4n) is 9.41. The van der Waals surface area contributed by atoms with Gasteiger partial charge >= 0.3 is 0 Å². The molecule has 0 bridgehead atoms. The summed E-state index contributed by atoms with van der Waals surface area (Å²) < 4.78 is 6.75. The molecule has 4 unspecified atom stereocenters. The van der Waals surface area contributed by atoms with Crippen LogP contribution in [0.2, 0.25) is 0 Å². The first kappa shape index (κ1) is 28.1. The number of hydrogen-bond donors (Lipinski definition) is 0. The topological polar surface area (TPSA) is 24.6 Å². The number of rotatable bonds is 4. The standard InChI is InChI=1S/C47H34N2O/c1-3-15-30(16-4-1)33-19-7-8-22-36(33)43-45-44(31-17-5-2-6-18-31)49(45)46(48-43)32-27-28-42-40(29-32)47(39-25-13-14-26-41(39)50-42)37-23-11-9-20-34(37)35-21-10-12-24-38(35)47/h1,3-5,7-29,44-46H,2,6H2. The Kier molecular flexibility index (Phi) is 5.97. The second-order valence-electron chi connectivity index (χ2n) is 14.0. The van der Waals surface area contributed by atoms with E-state index in [-0.39, 0.29) is 12.2 Å². The number of para-hydroxylation sites is 1. The van der Waals surface area contributed by atoms with Crippen molar-refractivity contribution >= 4 is 5.71 Å². The maximum Gasteiger partial charge on any atom is 0.132 e. The number of nitrogens with zero attached hydrogens (tertiary/aromatic N) is 2. The predicted molar refractivity (Wildman–Crippen MR) is 201 cm³/mol. The van der Waals surface area contributed by atoms with E-state index in [2.05, 4.69) is 169 Å². The molecule has 3 nitrogen and oxygen atoms in total. The lowest BCUT2D eigenvalue weighted by atomic mass is 9.66. The van der Waals surface area contributed by atoms with E-state index in [4.69, 9.17) is 9.73 Å². The molecule has 5 aliphatic rings. The summed E-state index contributed by atoms with van der Waals surface area (Å²) in [7, 11) is 0. The Bertz CT molecular complexity index is 2410. The van der Waals surface area contributed by atoms with Gasteiger partial charge in [-0.15, -0.1) is 0 Å². The van der Waals surface area contributed by atoms with Crippen LogP contribution in [-0.4, -0.2) is 22.7 Å². The van der Waals surface area contributed by atoms with Gasteiger partial charge in [0.15, 0.2) is 0 Å². The molecule has 50 heavy (non-hydrogen) atoms. The summed E-state index contributed by atoms with van der Waals surface area (Å²) in [5.41, 5.74) is 14.6. The van der Waals surface area contributed by atoms with Crippen LogP contribution in [0.1, 0.15) is 52.4 Å². The molecule has 2 aliphatic carbocycles. The van der Waals surface area contributed by atoms with E-state index in [1.54, 1.807) is 0 Å². The normalized spacial score (nSPS) is 22.7. The van der Waals surface area contributed by atoms with Crippen molar-refractivity contribution in [2.75, 3.05) is 0 Å². The van der Waals surface area contributed by atoms with Crippen molar-refractivity contribution in [3.05, 3.63) is 203 Å². The maximum atomic E-state index is 6.75. The van der Waals surface area contributed by atoms with Crippen LogP contribution in [0.3, 0.4) is 0 Å². The first-order valence-electron chi connectivity index (χ1n) is 17.8. The minimum Gasteiger partial charge on any atom is -0.457 e. The molecule has 0 aromatic heterocycles. The monoisotopic (exact) mass is 642 g/mol. The molecule has 11 rings (SSSR count). The van der Waals surface area contributed by atoms with Gasteiger partial charge in [-0.3, -0.25) is 9.89 Å². The van der Waals surface area contributed by atoms with Crippen molar-refractivity contribution in [3.8, 4) is 33.8 Å². The van der Waals surface area contributed by atoms with E-state index in [1.165, 1.54) is 66.9 Å². The Morgan fingerprint density at radius 2 is 1.20 bits per heavy atom. The fourth-order valence-corrected chi connectivity index (χ4v) is 9.41. The van der Waals surface area contributed by atoms with Crippen molar-refractivity contribution in [1.82, 2.24) is 4.90 Å². The van der Waals surface area contributed by atoms with Crippen LogP contribution in [0, 0.1) is 0 Å². The molecule has 0 amide bonds. The van der Waals surface area contributed by atoms with Gasteiger partial charge in [0.2, 0.25) is 0 Å². The highest BCUT2D eigenvalue weighted by Gasteiger charge is 2.60. The van der Waals surface area contributed by atoms with Crippen molar-refractivity contribution in [2.24, 2.45) is 4.99 Å². The van der Waals surface area contributed by atoms with Crippen LogP contribution in [-0.2, 0) is 5.41 Å². The molecule has 1 fully saturated rings. The van der Waals surface area contributed by atoms with Gasteiger partial charge in [-0.1, -0.05) is 146 Å². The Balaban J connectivity index is 1.12. The van der Waals surface area contributed by atoms with Crippen LogP contribution in [0.4, 0.5) is 0 Å². The summed E-state index contributed by atoms with van der Waals surface area (Å²) in [6.45, 7) is 0. The number of ether oxygens (including phenoxy) is 1. The molecule has 0 saturated carbocycles. The SMILES string of the molecule is C1=CC(C2C3C(c4ccccc4-c4ccccc4)=NC(c4ccc5c(c4)C4(c6ccccc6O5)c5ccccc5-c5ccccc54)N23)=CCC1. The molecule has 1 saturated heterocycles. The number of hydrogen-bond acceptors (Lipinski definition) is 3. The molecular weight excluding hydrogens is 609 g/mol. The summed E-state index contributed by atoms with van der Waals surface area (Å²) >= 11 is 0. The molecule has 0 radical (unpaired) electrons. The van der Waals surface area contributed by atoms with Crippen LogP contribution < -0.4 is 4.74 Å². The molecule has 3 heteroatoms. The van der Waals surface area contributed by atoms with Crippen molar-refractivity contribution in [2.45, 2.75) is 36.5 Å². The molecule has 238 valence electrons. The molecule has 4 atom stereocenters. The average Bonchev–Trinajstić information content (AvgIpc) is 3.69. The number of benzene rings is 6. The van der Waals surface area contributed by atoms with Gasteiger partial charge in [0.05, 0.1) is 23.2 Å². The summed E-state index contributed by atoms with van der Waals surface area (Å²) in [6.07, 6.45) is 9.23. The van der Waals surface area contributed by atoms with Gasteiger partial charge in [0.25, 0.3) is 0 Å². The molecule has 6 aromatic rings. The van der Waals surface area contributed by atoms with Gasteiger partial charge in [-0.2, -0.15) is 0 Å². The van der Waals surface area contributed by atoms with Crippen molar-refractivity contribution in [1.29, 1.82) is 0 Å². The van der Waals surface area contributed by atoms with Gasteiger partial charge in [-0.05, 0) is 75.6 Å². The van der Waals surface area contributed by atoms with E-state index in [0.717, 1.165) is 24.3 Å². The van der Waals surface area contributed by atoms with Crippen LogP contribution in [0.5, 0.6) is 11.5 Å². The van der Waals surface area contributed by atoms with E-state index in [0.29, 0.717) is 6.04 Å². The molecule has 1 spiro atoms. The highest BCUT2D eigenvalue weighted by Crippen LogP contribution is 2.62. The van der Waals surface area contributed by atoms with Gasteiger partial charge in [0, 0.05) is 16.7 Å². The average molecular weight is 643 g/mol. The minimum atomic E-state index is -0.495. The zero-order valence-corrected chi connectivity index (χ0v) is 27.5. The number of fused-ring (bicyclic) bond motifs is 10. The molecule has 3 heterocycles. The van der Waals surface area contributed by atoms with Gasteiger partial charge < -0.3 is 4.74 Å². The summed E-state index contributed by atoms with van der Waals surface area (Å²) in [6, 6.07) is 53.4. The molecule has 0 N–H and O–H groups in total. The third kappa shape index (κ3) is 3.81. The smallest absolute Gasteiger partial charge is 0.132 e. The predicted octanol–water partition coefficient (Wildman–Crippen LogP) is 10.7. The zero-order valence-electron chi connectivity index (χ0n) is 27.5. The first-order valence-corrected chi connectivity index (χ1v) is 17.8. The Labute approximate surface area is 292 Å². The summed E-state index contributed by atoms with van der Waals surface area (Å²) in [5, 5.41) is 0. The second kappa shape index (κ2) is 10.6. The minimum absolute atomic E-state index is 0.105. The maximum absolute atomic E-state index is 6.75. The molecule has 6 aromatic carbocycles. The number of aliphatic imine (C=N–C) groups is 1. The molecule has 3 aliphatic heterocycles.